The Hall–Kier alpha value is -1.50. The number of hydrogen-bond donors (Lipinski definition) is 1. The number of hydrogen-bond acceptors (Lipinski definition) is 3. The second-order valence-corrected chi connectivity index (χ2v) is 3.91. The van der Waals surface area contributed by atoms with Crippen molar-refractivity contribution in [1.29, 1.82) is 0 Å². The molecule has 2 rings (SSSR count). The Bertz CT molecular complexity index is 411. The van der Waals surface area contributed by atoms with Gasteiger partial charge < -0.3 is 14.6 Å². The van der Waals surface area contributed by atoms with E-state index in [0.29, 0.717) is 13.0 Å². The van der Waals surface area contributed by atoms with Crippen molar-refractivity contribution in [3.63, 3.8) is 0 Å². The lowest BCUT2D eigenvalue weighted by molar-refractivity contribution is 0.141. The monoisotopic (exact) mass is 232 g/mol. The van der Waals surface area contributed by atoms with E-state index in [4.69, 9.17) is 14.6 Å². The minimum atomic E-state index is 0.0998. The van der Waals surface area contributed by atoms with Crippen molar-refractivity contribution in [3.05, 3.63) is 29.8 Å². The number of benzene rings is 1. The van der Waals surface area contributed by atoms with Gasteiger partial charge in [0.15, 0.2) is 0 Å². The largest absolute Gasteiger partial charge is 0.488 e. The number of rotatable bonds is 3. The molecule has 1 heterocycles. The van der Waals surface area contributed by atoms with E-state index in [1.165, 1.54) is 0 Å². The van der Waals surface area contributed by atoms with Crippen LogP contribution < -0.4 is 4.74 Å². The quantitative estimate of drug-likeness (QED) is 0.804. The van der Waals surface area contributed by atoms with Crippen molar-refractivity contribution in [2.75, 3.05) is 19.8 Å². The lowest BCUT2D eigenvalue weighted by Gasteiger charge is -2.11. The Labute approximate surface area is 101 Å². The van der Waals surface area contributed by atoms with Crippen LogP contribution in [-0.2, 0) is 4.74 Å². The van der Waals surface area contributed by atoms with Crippen molar-refractivity contribution in [2.45, 2.75) is 18.9 Å². The van der Waals surface area contributed by atoms with Crippen LogP contribution in [0.1, 0.15) is 18.4 Å². The summed E-state index contributed by atoms with van der Waals surface area (Å²) in [6.07, 6.45) is 1.61. The molecule has 1 unspecified atom stereocenters. The highest BCUT2D eigenvalue weighted by molar-refractivity contribution is 5.39. The summed E-state index contributed by atoms with van der Waals surface area (Å²) in [5.74, 6) is 6.71. The Morgan fingerprint density at radius 1 is 1.47 bits per heavy atom. The second kappa shape index (κ2) is 6.29. The Morgan fingerprint density at radius 3 is 3.18 bits per heavy atom. The first kappa shape index (κ1) is 12.0. The Balaban J connectivity index is 1.98. The van der Waals surface area contributed by atoms with Gasteiger partial charge in [-0.3, -0.25) is 0 Å². The zero-order valence-electron chi connectivity index (χ0n) is 9.69. The molecule has 0 radical (unpaired) electrons. The van der Waals surface area contributed by atoms with E-state index in [2.05, 4.69) is 11.8 Å². The maximum Gasteiger partial charge on any atom is 0.124 e. The molecule has 1 saturated heterocycles. The van der Waals surface area contributed by atoms with Crippen LogP contribution in [0, 0.1) is 11.8 Å². The molecule has 1 aliphatic rings. The predicted octanol–water partition coefficient (Wildman–Crippen LogP) is 1.59. The van der Waals surface area contributed by atoms with Gasteiger partial charge in [-0.25, -0.2) is 0 Å². The van der Waals surface area contributed by atoms with E-state index in [1.807, 2.05) is 24.3 Å². The maximum atomic E-state index is 8.65. The molecular weight excluding hydrogens is 216 g/mol. The van der Waals surface area contributed by atoms with Gasteiger partial charge in [-0.1, -0.05) is 17.9 Å². The molecular formula is C14H16O3. The summed E-state index contributed by atoms with van der Waals surface area (Å²) in [7, 11) is 0. The highest BCUT2D eigenvalue weighted by Gasteiger charge is 2.16. The molecule has 90 valence electrons. The van der Waals surface area contributed by atoms with Crippen LogP contribution in [0.2, 0.25) is 0 Å². The molecule has 1 atom stereocenters. The van der Waals surface area contributed by atoms with Crippen molar-refractivity contribution in [3.8, 4) is 17.6 Å². The highest BCUT2D eigenvalue weighted by atomic mass is 16.5. The van der Waals surface area contributed by atoms with Gasteiger partial charge in [0.1, 0.15) is 11.9 Å². The van der Waals surface area contributed by atoms with Gasteiger partial charge in [0.2, 0.25) is 0 Å². The Morgan fingerprint density at radius 2 is 2.41 bits per heavy atom. The molecule has 0 bridgehead atoms. The summed E-state index contributed by atoms with van der Waals surface area (Å²) >= 11 is 0. The van der Waals surface area contributed by atoms with Gasteiger partial charge >= 0.3 is 0 Å². The van der Waals surface area contributed by atoms with E-state index >= 15 is 0 Å². The molecule has 1 aromatic carbocycles. The van der Waals surface area contributed by atoms with Crippen LogP contribution in [0.15, 0.2) is 24.3 Å². The fourth-order valence-electron chi connectivity index (χ4n) is 1.67. The molecule has 1 aromatic rings. The van der Waals surface area contributed by atoms with E-state index in [-0.39, 0.29) is 12.7 Å². The van der Waals surface area contributed by atoms with Gasteiger partial charge in [-0.2, -0.15) is 0 Å². The lowest BCUT2D eigenvalue weighted by atomic mass is 10.2. The van der Waals surface area contributed by atoms with Crippen molar-refractivity contribution in [2.24, 2.45) is 0 Å². The van der Waals surface area contributed by atoms with E-state index in [9.17, 15) is 0 Å². The molecule has 1 aliphatic heterocycles. The molecule has 0 saturated carbocycles. The van der Waals surface area contributed by atoms with Crippen molar-refractivity contribution in [1.82, 2.24) is 0 Å². The third-order valence-corrected chi connectivity index (χ3v) is 2.49. The molecule has 0 aromatic heterocycles. The summed E-state index contributed by atoms with van der Waals surface area (Å²) in [6.45, 7) is 1.55. The SMILES string of the molecule is OCCC#Cc1cccc(OC2CCOC2)c1. The molecule has 3 heteroatoms. The summed E-state index contributed by atoms with van der Waals surface area (Å²) in [6, 6.07) is 7.70. The van der Waals surface area contributed by atoms with Crippen LogP contribution in [0.5, 0.6) is 5.75 Å². The number of aliphatic hydroxyl groups is 1. The molecule has 17 heavy (non-hydrogen) atoms. The standard InChI is InChI=1S/C14H16O3/c15-8-2-1-4-12-5-3-6-13(10-12)17-14-7-9-16-11-14/h3,5-6,10,14-15H,2,7-9,11H2. The van der Waals surface area contributed by atoms with E-state index < -0.39 is 0 Å². The smallest absolute Gasteiger partial charge is 0.124 e. The molecule has 1 N–H and O–H groups in total. The third-order valence-electron chi connectivity index (χ3n) is 2.49. The minimum absolute atomic E-state index is 0.0998. The highest BCUT2D eigenvalue weighted by Crippen LogP contribution is 2.17. The topological polar surface area (TPSA) is 38.7 Å². The van der Waals surface area contributed by atoms with Gasteiger partial charge in [0.25, 0.3) is 0 Å². The van der Waals surface area contributed by atoms with E-state index in [1.54, 1.807) is 0 Å². The zero-order valence-corrected chi connectivity index (χ0v) is 9.69. The first-order valence-electron chi connectivity index (χ1n) is 5.82. The van der Waals surface area contributed by atoms with Crippen LogP contribution in [0.4, 0.5) is 0 Å². The average molecular weight is 232 g/mol. The maximum absolute atomic E-state index is 8.65. The number of aliphatic hydroxyl groups excluding tert-OH is 1. The lowest BCUT2D eigenvalue weighted by Crippen LogP contribution is -2.15. The molecule has 3 nitrogen and oxygen atoms in total. The van der Waals surface area contributed by atoms with Crippen LogP contribution in [0.3, 0.4) is 0 Å². The van der Waals surface area contributed by atoms with Crippen LogP contribution in [0.25, 0.3) is 0 Å². The Kier molecular flexibility index (Phi) is 4.43. The fraction of sp³-hybridized carbons (Fsp3) is 0.429. The summed E-state index contributed by atoms with van der Waals surface area (Å²) in [5.41, 5.74) is 0.912. The second-order valence-electron chi connectivity index (χ2n) is 3.91. The normalized spacial score (nSPS) is 18.5. The fourth-order valence-corrected chi connectivity index (χ4v) is 1.67. The molecule has 1 fully saturated rings. The van der Waals surface area contributed by atoms with Gasteiger partial charge in [0.05, 0.1) is 19.8 Å². The van der Waals surface area contributed by atoms with Gasteiger partial charge in [-0.15, -0.1) is 0 Å². The molecule has 0 aliphatic carbocycles. The third kappa shape index (κ3) is 3.77. The van der Waals surface area contributed by atoms with Gasteiger partial charge in [-0.05, 0) is 18.2 Å². The average Bonchev–Trinajstić information content (AvgIpc) is 2.83. The van der Waals surface area contributed by atoms with Gasteiger partial charge in [0, 0.05) is 18.4 Å². The van der Waals surface area contributed by atoms with Crippen molar-refractivity contribution >= 4 is 0 Å². The summed E-state index contributed by atoms with van der Waals surface area (Å²) < 4.78 is 11.0. The first-order valence-corrected chi connectivity index (χ1v) is 5.82. The molecule has 0 spiro atoms. The predicted molar refractivity (Wildman–Crippen MR) is 64.9 cm³/mol. The van der Waals surface area contributed by atoms with Crippen LogP contribution in [-0.4, -0.2) is 31.0 Å². The summed E-state index contributed by atoms with van der Waals surface area (Å²) in [5, 5.41) is 8.65. The van der Waals surface area contributed by atoms with Crippen molar-refractivity contribution < 1.29 is 14.6 Å². The van der Waals surface area contributed by atoms with Crippen LogP contribution >= 0.6 is 0 Å². The van der Waals surface area contributed by atoms with E-state index in [0.717, 1.165) is 24.3 Å². The minimum Gasteiger partial charge on any atom is -0.488 e. The first-order chi connectivity index (χ1) is 8.38. The summed E-state index contributed by atoms with van der Waals surface area (Å²) in [4.78, 5) is 0. The number of ether oxygens (including phenoxy) is 2. The molecule has 0 amide bonds. The zero-order chi connectivity index (χ0) is 11.9.